The highest BCUT2D eigenvalue weighted by Crippen LogP contribution is 2.24. The van der Waals surface area contributed by atoms with Gasteiger partial charge in [0, 0.05) is 11.6 Å². The van der Waals surface area contributed by atoms with Gasteiger partial charge in [-0.1, -0.05) is 18.2 Å². The molecule has 0 N–H and O–H groups in total. The van der Waals surface area contributed by atoms with Crippen molar-refractivity contribution in [2.45, 2.75) is 20.8 Å². The van der Waals surface area contributed by atoms with E-state index in [0.29, 0.717) is 17.1 Å². The minimum absolute atomic E-state index is 0.00969. The number of carbonyl (C=O) groups excluding carboxylic acids is 1. The van der Waals surface area contributed by atoms with Gasteiger partial charge in [-0.05, 0) is 44.0 Å². The maximum atomic E-state index is 11.9. The van der Waals surface area contributed by atoms with Crippen LogP contribution in [0.15, 0.2) is 36.4 Å². The van der Waals surface area contributed by atoms with Gasteiger partial charge in [-0.3, -0.25) is 10.1 Å². The highest BCUT2D eigenvalue weighted by Gasteiger charge is 2.13. The summed E-state index contributed by atoms with van der Waals surface area (Å²) >= 11 is 0. The first-order chi connectivity index (χ1) is 10.9. The molecule has 6 nitrogen and oxygen atoms in total. The summed E-state index contributed by atoms with van der Waals surface area (Å²) in [5.41, 5.74) is 2.21. The van der Waals surface area contributed by atoms with Crippen LogP contribution in [0.25, 0.3) is 0 Å². The summed E-state index contributed by atoms with van der Waals surface area (Å²) in [6, 6.07) is 9.92. The lowest BCUT2D eigenvalue weighted by molar-refractivity contribution is -0.385. The Morgan fingerprint density at radius 3 is 2.30 bits per heavy atom. The second kappa shape index (κ2) is 6.91. The van der Waals surface area contributed by atoms with Gasteiger partial charge in [0.15, 0.2) is 6.61 Å². The van der Waals surface area contributed by atoms with Crippen molar-refractivity contribution in [3.63, 3.8) is 0 Å². The highest BCUT2D eigenvalue weighted by atomic mass is 16.6. The number of benzene rings is 2. The fourth-order valence-electron chi connectivity index (χ4n) is 2.17. The average Bonchev–Trinajstić information content (AvgIpc) is 2.49. The number of hydrogen-bond acceptors (Lipinski definition) is 5. The van der Waals surface area contributed by atoms with Crippen molar-refractivity contribution in [1.29, 1.82) is 0 Å². The van der Waals surface area contributed by atoms with E-state index in [1.807, 2.05) is 32.0 Å². The number of nitro benzene ring substituents is 1. The molecule has 0 saturated carbocycles. The van der Waals surface area contributed by atoms with Gasteiger partial charge in [0.05, 0.1) is 4.92 Å². The first-order valence-corrected chi connectivity index (χ1v) is 7.03. The van der Waals surface area contributed by atoms with Crippen LogP contribution < -0.4 is 9.47 Å². The Hall–Kier alpha value is -2.89. The Kier molecular flexibility index (Phi) is 4.95. The second-order valence-corrected chi connectivity index (χ2v) is 5.19. The average molecular weight is 315 g/mol. The third kappa shape index (κ3) is 4.06. The Bertz CT molecular complexity index is 734. The molecule has 0 unspecified atom stereocenters. The van der Waals surface area contributed by atoms with Crippen LogP contribution in [0.2, 0.25) is 0 Å². The van der Waals surface area contributed by atoms with Crippen LogP contribution in [-0.4, -0.2) is 17.5 Å². The van der Waals surface area contributed by atoms with Gasteiger partial charge in [0.2, 0.25) is 0 Å². The molecular formula is C17H17NO5. The van der Waals surface area contributed by atoms with Gasteiger partial charge in [-0.25, -0.2) is 4.79 Å². The molecule has 0 saturated heterocycles. The van der Waals surface area contributed by atoms with Crippen molar-refractivity contribution in [1.82, 2.24) is 0 Å². The van der Waals surface area contributed by atoms with Gasteiger partial charge in [0.25, 0.3) is 5.69 Å². The van der Waals surface area contributed by atoms with Crippen molar-refractivity contribution in [3.8, 4) is 11.5 Å². The molecule has 0 aliphatic heterocycles. The predicted octanol–water partition coefficient (Wildman–Crippen LogP) is 3.50. The zero-order valence-corrected chi connectivity index (χ0v) is 13.2. The van der Waals surface area contributed by atoms with Gasteiger partial charge >= 0.3 is 5.97 Å². The van der Waals surface area contributed by atoms with Crippen LogP contribution in [0.4, 0.5) is 5.69 Å². The molecule has 120 valence electrons. The number of nitro groups is 1. The summed E-state index contributed by atoms with van der Waals surface area (Å²) < 4.78 is 10.7. The van der Waals surface area contributed by atoms with E-state index in [1.165, 1.54) is 18.2 Å². The Labute approximate surface area is 133 Å². The van der Waals surface area contributed by atoms with E-state index in [1.54, 1.807) is 6.92 Å². The van der Waals surface area contributed by atoms with Crippen molar-refractivity contribution in [2.75, 3.05) is 6.61 Å². The molecule has 0 atom stereocenters. The van der Waals surface area contributed by atoms with Crippen LogP contribution >= 0.6 is 0 Å². The summed E-state index contributed by atoms with van der Waals surface area (Å²) in [6.07, 6.45) is 0. The van der Waals surface area contributed by atoms with Crippen molar-refractivity contribution < 1.29 is 19.2 Å². The summed E-state index contributed by atoms with van der Waals surface area (Å²) in [6.45, 7) is 5.05. The van der Waals surface area contributed by atoms with E-state index in [9.17, 15) is 14.9 Å². The van der Waals surface area contributed by atoms with Crippen LogP contribution in [-0.2, 0) is 4.79 Å². The normalized spacial score (nSPS) is 10.2. The van der Waals surface area contributed by atoms with Gasteiger partial charge in [0.1, 0.15) is 11.5 Å². The summed E-state index contributed by atoms with van der Waals surface area (Å²) in [5.74, 6) is 0.381. The molecule has 6 heteroatoms. The van der Waals surface area contributed by atoms with Crippen LogP contribution in [0, 0.1) is 30.9 Å². The molecule has 0 aliphatic carbocycles. The first-order valence-electron chi connectivity index (χ1n) is 7.03. The third-order valence-electron chi connectivity index (χ3n) is 3.35. The minimum atomic E-state index is -0.529. The topological polar surface area (TPSA) is 78.7 Å². The molecule has 2 aromatic rings. The molecule has 0 bridgehead atoms. The molecule has 0 fully saturated rings. The Balaban J connectivity index is 2.00. The van der Waals surface area contributed by atoms with Crippen molar-refractivity contribution in [2.24, 2.45) is 0 Å². The predicted molar refractivity (Wildman–Crippen MR) is 84.9 cm³/mol. The lowest BCUT2D eigenvalue weighted by Crippen LogP contribution is -2.18. The summed E-state index contributed by atoms with van der Waals surface area (Å²) in [7, 11) is 0. The molecule has 0 aliphatic rings. The van der Waals surface area contributed by atoms with E-state index in [-0.39, 0.29) is 12.3 Å². The third-order valence-corrected chi connectivity index (χ3v) is 3.35. The molecule has 0 spiro atoms. The number of rotatable bonds is 5. The standard InChI is InChI=1S/C17H17NO5/c1-11-5-4-6-12(2)17(11)23-16(19)10-22-14-7-8-15(18(20)21)13(3)9-14/h4-9H,10H2,1-3H3. The molecule has 0 amide bonds. The van der Waals surface area contributed by atoms with E-state index in [0.717, 1.165) is 11.1 Å². The van der Waals surface area contributed by atoms with Crippen molar-refractivity contribution >= 4 is 11.7 Å². The van der Waals surface area contributed by atoms with E-state index < -0.39 is 10.9 Å². The molecule has 2 rings (SSSR count). The van der Waals surface area contributed by atoms with Crippen molar-refractivity contribution in [3.05, 3.63) is 63.2 Å². The molecule has 2 aromatic carbocycles. The first kappa shape index (κ1) is 16.5. The molecule has 0 heterocycles. The number of aryl methyl sites for hydroxylation is 3. The fourth-order valence-corrected chi connectivity index (χ4v) is 2.17. The molecule has 23 heavy (non-hydrogen) atoms. The molecule has 0 radical (unpaired) electrons. The van der Waals surface area contributed by atoms with E-state index in [2.05, 4.69) is 0 Å². The molecule has 0 aromatic heterocycles. The largest absolute Gasteiger partial charge is 0.482 e. The lowest BCUT2D eigenvalue weighted by Gasteiger charge is -2.11. The number of carbonyl (C=O) groups is 1. The van der Waals surface area contributed by atoms with Gasteiger partial charge in [-0.2, -0.15) is 0 Å². The highest BCUT2D eigenvalue weighted by molar-refractivity contribution is 5.74. The lowest BCUT2D eigenvalue weighted by atomic mass is 10.1. The summed E-state index contributed by atoms with van der Waals surface area (Å²) in [5, 5.41) is 10.8. The maximum Gasteiger partial charge on any atom is 0.349 e. The minimum Gasteiger partial charge on any atom is -0.482 e. The Morgan fingerprint density at radius 2 is 1.74 bits per heavy atom. The van der Waals surface area contributed by atoms with E-state index >= 15 is 0 Å². The SMILES string of the molecule is Cc1cc(OCC(=O)Oc2c(C)cccc2C)ccc1[N+](=O)[O-]. The monoisotopic (exact) mass is 315 g/mol. The van der Waals surface area contributed by atoms with Crippen LogP contribution in [0.3, 0.4) is 0 Å². The van der Waals surface area contributed by atoms with E-state index in [4.69, 9.17) is 9.47 Å². The summed E-state index contributed by atoms with van der Waals surface area (Å²) in [4.78, 5) is 22.2. The van der Waals surface area contributed by atoms with Crippen LogP contribution in [0.1, 0.15) is 16.7 Å². The number of nitrogens with zero attached hydrogens (tertiary/aromatic N) is 1. The zero-order valence-electron chi connectivity index (χ0n) is 13.2. The zero-order chi connectivity index (χ0) is 17.0. The Morgan fingerprint density at radius 1 is 1.09 bits per heavy atom. The molecular weight excluding hydrogens is 298 g/mol. The van der Waals surface area contributed by atoms with Gasteiger partial charge in [-0.15, -0.1) is 0 Å². The maximum absolute atomic E-state index is 11.9. The fraction of sp³-hybridized carbons (Fsp3) is 0.235. The second-order valence-electron chi connectivity index (χ2n) is 5.19. The van der Waals surface area contributed by atoms with Gasteiger partial charge < -0.3 is 9.47 Å². The number of ether oxygens (including phenoxy) is 2. The quantitative estimate of drug-likeness (QED) is 0.365. The van der Waals surface area contributed by atoms with Crippen LogP contribution in [0.5, 0.6) is 11.5 Å². The smallest absolute Gasteiger partial charge is 0.349 e. The number of esters is 1. The number of hydrogen-bond donors (Lipinski definition) is 0. The number of para-hydroxylation sites is 1.